The van der Waals surface area contributed by atoms with Crippen molar-refractivity contribution >= 4 is 71.1 Å². The zero-order chi connectivity index (χ0) is 40.0. The molecule has 0 saturated heterocycles. The summed E-state index contributed by atoms with van der Waals surface area (Å²) in [7, 11) is 0. The minimum Gasteiger partial charge on any atom is -0.310 e. The van der Waals surface area contributed by atoms with Crippen molar-refractivity contribution in [2.75, 3.05) is 0 Å². The van der Waals surface area contributed by atoms with Gasteiger partial charge in [0.1, 0.15) is 0 Å². The standard InChI is InChI=1S/C58H42N2/c1-3-58(2)32-30-50-53-37-41(40-25-28-55-52(36-40)49-22-11-12-23-54(49)59(55)42-15-5-4-6-16-42)26-29-56(53)60(57(50)31-33-58)43-17-13-14-38(34-43)39-24-27-48-46-20-8-7-18-44(46)45-19-9-10-21-47(45)51(48)35-39/h3-29,31,33-37H,1,30,32H2,2H3. The molecule has 9 aromatic carbocycles. The quantitative estimate of drug-likeness (QED) is 0.122. The summed E-state index contributed by atoms with van der Waals surface area (Å²) in [5, 5.41) is 11.6. The highest BCUT2D eigenvalue weighted by molar-refractivity contribution is 6.25. The molecule has 1 atom stereocenters. The Balaban J connectivity index is 1.02. The van der Waals surface area contributed by atoms with Crippen LogP contribution in [0.25, 0.3) is 105 Å². The van der Waals surface area contributed by atoms with Gasteiger partial charge in [0.15, 0.2) is 0 Å². The van der Waals surface area contributed by atoms with Crippen molar-refractivity contribution in [2.24, 2.45) is 5.41 Å². The van der Waals surface area contributed by atoms with Crippen molar-refractivity contribution in [3.63, 3.8) is 0 Å². The molecule has 0 bridgehead atoms. The summed E-state index contributed by atoms with van der Waals surface area (Å²) in [4.78, 5) is 0. The predicted molar refractivity (Wildman–Crippen MR) is 257 cm³/mol. The molecule has 1 aliphatic rings. The molecule has 2 aromatic heterocycles. The lowest BCUT2D eigenvalue weighted by atomic mass is 9.85. The lowest BCUT2D eigenvalue weighted by Crippen LogP contribution is -2.08. The van der Waals surface area contributed by atoms with Gasteiger partial charge < -0.3 is 9.13 Å². The molecule has 0 spiro atoms. The van der Waals surface area contributed by atoms with Gasteiger partial charge in [0, 0.05) is 38.6 Å². The molecule has 2 heteroatoms. The highest BCUT2D eigenvalue weighted by Gasteiger charge is 2.26. The van der Waals surface area contributed by atoms with Gasteiger partial charge in [0.25, 0.3) is 0 Å². The first-order chi connectivity index (χ1) is 29.5. The fourth-order valence-electron chi connectivity index (χ4n) is 10.1. The van der Waals surface area contributed by atoms with E-state index < -0.39 is 0 Å². The van der Waals surface area contributed by atoms with Crippen molar-refractivity contribution in [3.05, 3.63) is 212 Å². The van der Waals surface area contributed by atoms with Gasteiger partial charge in [-0.25, -0.2) is 0 Å². The minimum absolute atomic E-state index is 0.0777. The topological polar surface area (TPSA) is 9.86 Å². The molecule has 0 radical (unpaired) electrons. The largest absolute Gasteiger partial charge is 0.310 e. The first-order valence-electron chi connectivity index (χ1n) is 21.1. The molecule has 11 aromatic rings. The highest BCUT2D eigenvalue weighted by atomic mass is 15.0. The number of para-hydroxylation sites is 2. The van der Waals surface area contributed by atoms with Gasteiger partial charge in [-0.15, -0.1) is 6.58 Å². The average Bonchev–Trinajstić information content (AvgIpc) is 3.75. The lowest BCUT2D eigenvalue weighted by Gasteiger charge is -2.19. The fourth-order valence-corrected chi connectivity index (χ4v) is 10.1. The number of allylic oxidation sites excluding steroid dienone is 2. The van der Waals surface area contributed by atoms with Crippen molar-refractivity contribution in [1.29, 1.82) is 0 Å². The van der Waals surface area contributed by atoms with Crippen LogP contribution in [0.15, 0.2) is 201 Å². The van der Waals surface area contributed by atoms with Crippen LogP contribution in [0.2, 0.25) is 0 Å². The maximum atomic E-state index is 4.25. The van der Waals surface area contributed by atoms with Crippen LogP contribution < -0.4 is 0 Å². The number of rotatable bonds is 5. The van der Waals surface area contributed by atoms with Crippen LogP contribution in [0.1, 0.15) is 24.6 Å². The normalized spacial score (nSPS) is 15.3. The van der Waals surface area contributed by atoms with E-state index >= 15 is 0 Å². The second-order valence-electron chi connectivity index (χ2n) is 16.8. The third kappa shape index (κ3) is 5.27. The van der Waals surface area contributed by atoms with Crippen molar-refractivity contribution in [3.8, 4) is 33.6 Å². The zero-order valence-electron chi connectivity index (χ0n) is 33.6. The zero-order valence-corrected chi connectivity index (χ0v) is 33.6. The molecule has 0 N–H and O–H groups in total. The van der Waals surface area contributed by atoms with E-state index in [1.54, 1.807) is 0 Å². The third-order valence-corrected chi connectivity index (χ3v) is 13.3. The van der Waals surface area contributed by atoms with E-state index in [-0.39, 0.29) is 5.41 Å². The highest BCUT2D eigenvalue weighted by Crippen LogP contribution is 2.43. The summed E-state index contributed by atoms with van der Waals surface area (Å²) in [6, 6.07) is 67.3. The van der Waals surface area contributed by atoms with Gasteiger partial charge in [-0.1, -0.05) is 140 Å². The molecule has 1 unspecified atom stereocenters. The summed E-state index contributed by atoms with van der Waals surface area (Å²) < 4.78 is 4.88. The molecule has 12 rings (SSSR count). The number of fused-ring (bicyclic) bond motifs is 12. The molecule has 0 saturated carbocycles. The number of hydrogen-bond donors (Lipinski definition) is 0. The van der Waals surface area contributed by atoms with Crippen LogP contribution in [0.3, 0.4) is 0 Å². The third-order valence-electron chi connectivity index (χ3n) is 13.3. The summed E-state index contributed by atoms with van der Waals surface area (Å²) in [5.74, 6) is 0. The first kappa shape index (κ1) is 34.6. The van der Waals surface area contributed by atoms with Crippen LogP contribution in [0.5, 0.6) is 0 Å². The SMILES string of the molecule is C=CC1(C)C=Cc2c(c3cc(-c4ccc5c(c4)c4ccccc4n5-c4ccccc4)ccc3n2-c2cccc(-c3ccc4c5ccccc5c5ccccc5c4c3)c2)CC1. The van der Waals surface area contributed by atoms with Crippen LogP contribution in [0, 0.1) is 5.41 Å². The van der Waals surface area contributed by atoms with Gasteiger partial charge >= 0.3 is 0 Å². The predicted octanol–water partition coefficient (Wildman–Crippen LogP) is 15.7. The molecule has 0 aliphatic heterocycles. The Hall–Kier alpha value is -7.42. The maximum Gasteiger partial charge on any atom is 0.0541 e. The molecule has 0 fully saturated rings. The van der Waals surface area contributed by atoms with E-state index in [1.807, 2.05) is 0 Å². The minimum atomic E-state index is -0.0777. The lowest BCUT2D eigenvalue weighted by molar-refractivity contribution is 0.508. The van der Waals surface area contributed by atoms with E-state index in [0.29, 0.717) is 0 Å². The van der Waals surface area contributed by atoms with Crippen LogP contribution >= 0.6 is 0 Å². The Kier molecular flexibility index (Phi) is 7.68. The fraction of sp³-hybridized carbons (Fsp3) is 0.0690. The van der Waals surface area contributed by atoms with Gasteiger partial charge in [-0.05, 0) is 140 Å². The van der Waals surface area contributed by atoms with Crippen molar-refractivity contribution < 1.29 is 0 Å². The average molecular weight is 767 g/mol. The molecule has 60 heavy (non-hydrogen) atoms. The summed E-state index contributed by atoms with van der Waals surface area (Å²) in [6.45, 7) is 6.55. The molecular formula is C58H42N2. The Morgan fingerprint density at radius 1 is 0.433 bits per heavy atom. The number of nitrogens with zero attached hydrogens (tertiary/aromatic N) is 2. The number of aromatic nitrogens is 2. The Labute approximate surface area is 349 Å². The maximum absolute atomic E-state index is 4.25. The molecular weight excluding hydrogens is 725 g/mol. The monoisotopic (exact) mass is 766 g/mol. The van der Waals surface area contributed by atoms with Crippen molar-refractivity contribution in [1.82, 2.24) is 9.13 Å². The summed E-state index contributed by atoms with van der Waals surface area (Å²) in [5.41, 5.74) is 13.4. The summed E-state index contributed by atoms with van der Waals surface area (Å²) >= 11 is 0. The Bertz CT molecular complexity index is 3540. The molecule has 284 valence electrons. The smallest absolute Gasteiger partial charge is 0.0541 e. The Morgan fingerprint density at radius 3 is 1.65 bits per heavy atom. The second-order valence-corrected chi connectivity index (χ2v) is 16.8. The number of benzene rings is 9. The number of hydrogen-bond acceptors (Lipinski definition) is 0. The van der Waals surface area contributed by atoms with Crippen LogP contribution in [-0.2, 0) is 6.42 Å². The first-order valence-corrected chi connectivity index (χ1v) is 21.1. The molecule has 0 amide bonds. The van der Waals surface area contributed by atoms with Gasteiger partial charge in [0.05, 0.1) is 16.6 Å². The van der Waals surface area contributed by atoms with E-state index in [9.17, 15) is 0 Å². The van der Waals surface area contributed by atoms with Gasteiger partial charge in [0.2, 0.25) is 0 Å². The van der Waals surface area contributed by atoms with E-state index in [2.05, 4.69) is 223 Å². The Morgan fingerprint density at radius 2 is 0.950 bits per heavy atom. The van der Waals surface area contributed by atoms with E-state index in [0.717, 1.165) is 18.5 Å². The van der Waals surface area contributed by atoms with E-state index in [4.69, 9.17) is 0 Å². The van der Waals surface area contributed by atoms with Crippen LogP contribution in [-0.4, -0.2) is 9.13 Å². The second kappa shape index (κ2) is 13.3. The molecule has 2 nitrogen and oxygen atoms in total. The van der Waals surface area contributed by atoms with Gasteiger partial charge in [-0.2, -0.15) is 0 Å². The summed E-state index contributed by atoms with van der Waals surface area (Å²) in [6.07, 6.45) is 8.80. The molecule has 2 heterocycles. The van der Waals surface area contributed by atoms with E-state index in [1.165, 1.54) is 104 Å². The number of aryl methyl sites for hydroxylation is 1. The van der Waals surface area contributed by atoms with Crippen LogP contribution in [0.4, 0.5) is 0 Å². The van der Waals surface area contributed by atoms with Crippen molar-refractivity contribution in [2.45, 2.75) is 19.8 Å². The molecule has 1 aliphatic carbocycles. The van der Waals surface area contributed by atoms with Gasteiger partial charge in [-0.3, -0.25) is 0 Å².